The summed E-state index contributed by atoms with van der Waals surface area (Å²) >= 11 is 0. The number of rotatable bonds is 4. The summed E-state index contributed by atoms with van der Waals surface area (Å²) in [6.45, 7) is 2.52. The predicted octanol–water partition coefficient (Wildman–Crippen LogP) is 2.82. The first-order valence-electron chi connectivity index (χ1n) is 9.33. The van der Waals surface area contributed by atoms with Crippen LogP contribution in [0.2, 0.25) is 0 Å². The number of benzene rings is 2. The number of carbonyl (C=O) groups is 2. The Morgan fingerprint density at radius 1 is 1.11 bits per heavy atom. The third-order valence-corrected chi connectivity index (χ3v) is 5.09. The largest absolute Gasteiger partial charge is 0.323 e. The quantitative estimate of drug-likeness (QED) is 0.763. The highest BCUT2D eigenvalue weighted by Crippen LogP contribution is 2.24. The molecule has 0 aliphatic carbocycles. The van der Waals surface area contributed by atoms with E-state index in [9.17, 15) is 9.59 Å². The van der Waals surface area contributed by atoms with Gasteiger partial charge in [0.15, 0.2) is 0 Å². The SMILES string of the molecule is Cc1ccc(N2CC(Cc3ccccc3)N(C(=O)c3ccn[nH]3)CC2=O)cc1. The van der Waals surface area contributed by atoms with E-state index in [1.165, 1.54) is 0 Å². The Labute approximate surface area is 163 Å². The second-order valence-corrected chi connectivity index (χ2v) is 7.09. The van der Waals surface area contributed by atoms with Crippen LogP contribution in [0.4, 0.5) is 5.69 Å². The molecule has 0 bridgehead atoms. The predicted molar refractivity (Wildman–Crippen MR) is 107 cm³/mol. The standard InChI is InChI=1S/C22H22N4O2/c1-16-7-9-18(10-8-16)25-14-19(13-17-5-3-2-4-6-17)26(15-21(25)27)22(28)20-11-12-23-24-20/h2-12,19H,13-15H2,1H3,(H,23,24). The zero-order valence-corrected chi connectivity index (χ0v) is 15.7. The average Bonchev–Trinajstić information content (AvgIpc) is 3.25. The van der Waals surface area contributed by atoms with E-state index in [2.05, 4.69) is 10.2 Å². The summed E-state index contributed by atoms with van der Waals surface area (Å²) in [4.78, 5) is 29.3. The lowest BCUT2D eigenvalue weighted by molar-refractivity contribution is -0.121. The topological polar surface area (TPSA) is 69.3 Å². The zero-order chi connectivity index (χ0) is 19.5. The Kier molecular flexibility index (Phi) is 4.93. The molecule has 3 aromatic rings. The van der Waals surface area contributed by atoms with Gasteiger partial charge in [-0.05, 0) is 37.1 Å². The van der Waals surface area contributed by atoms with Gasteiger partial charge in [0, 0.05) is 18.4 Å². The molecule has 0 spiro atoms. The Hall–Kier alpha value is -3.41. The molecule has 1 aliphatic rings. The molecule has 1 unspecified atom stereocenters. The molecule has 142 valence electrons. The fourth-order valence-electron chi connectivity index (χ4n) is 3.57. The smallest absolute Gasteiger partial charge is 0.272 e. The molecule has 2 amide bonds. The van der Waals surface area contributed by atoms with Crippen molar-refractivity contribution in [1.29, 1.82) is 0 Å². The lowest BCUT2D eigenvalue weighted by Gasteiger charge is -2.41. The van der Waals surface area contributed by atoms with Crippen molar-refractivity contribution in [3.05, 3.63) is 83.7 Å². The maximum Gasteiger partial charge on any atom is 0.272 e. The second-order valence-electron chi connectivity index (χ2n) is 7.09. The van der Waals surface area contributed by atoms with Gasteiger partial charge in [0.05, 0.1) is 6.04 Å². The van der Waals surface area contributed by atoms with E-state index in [1.807, 2.05) is 61.5 Å². The maximum atomic E-state index is 13.0. The number of hydrogen-bond donors (Lipinski definition) is 1. The lowest BCUT2D eigenvalue weighted by atomic mass is 10.0. The molecule has 28 heavy (non-hydrogen) atoms. The molecular weight excluding hydrogens is 352 g/mol. The molecule has 1 N–H and O–H groups in total. The van der Waals surface area contributed by atoms with Gasteiger partial charge in [0.2, 0.25) is 5.91 Å². The van der Waals surface area contributed by atoms with E-state index in [-0.39, 0.29) is 24.4 Å². The number of carbonyl (C=O) groups excluding carboxylic acids is 2. The highest BCUT2D eigenvalue weighted by molar-refractivity contribution is 6.01. The molecule has 1 saturated heterocycles. The van der Waals surface area contributed by atoms with Gasteiger partial charge < -0.3 is 9.80 Å². The van der Waals surface area contributed by atoms with E-state index >= 15 is 0 Å². The zero-order valence-electron chi connectivity index (χ0n) is 15.7. The number of anilines is 1. The van der Waals surface area contributed by atoms with E-state index < -0.39 is 0 Å². The Morgan fingerprint density at radius 3 is 2.54 bits per heavy atom. The van der Waals surface area contributed by atoms with Crippen LogP contribution in [-0.4, -0.2) is 46.0 Å². The van der Waals surface area contributed by atoms with Crippen LogP contribution in [0.25, 0.3) is 0 Å². The molecule has 1 aliphatic heterocycles. The number of aromatic amines is 1. The van der Waals surface area contributed by atoms with E-state index in [1.54, 1.807) is 22.1 Å². The van der Waals surface area contributed by atoms with E-state index in [0.29, 0.717) is 18.7 Å². The molecule has 2 aromatic carbocycles. The third-order valence-electron chi connectivity index (χ3n) is 5.09. The Morgan fingerprint density at radius 2 is 1.86 bits per heavy atom. The van der Waals surface area contributed by atoms with Crippen molar-refractivity contribution >= 4 is 17.5 Å². The molecule has 6 nitrogen and oxygen atoms in total. The van der Waals surface area contributed by atoms with E-state index in [4.69, 9.17) is 0 Å². The molecule has 1 fully saturated rings. The molecule has 6 heteroatoms. The minimum Gasteiger partial charge on any atom is -0.323 e. The number of aromatic nitrogens is 2. The monoisotopic (exact) mass is 374 g/mol. The van der Waals surface area contributed by atoms with Crippen LogP contribution in [0.3, 0.4) is 0 Å². The number of amides is 2. The first-order chi connectivity index (χ1) is 13.6. The summed E-state index contributed by atoms with van der Waals surface area (Å²) in [5.41, 5.74) is 3.54. The van der Waals surface area contributed by atoms with Crippen LogP contribution in [0.5, 0.6) is 0 Å². The van der Waals surface area contributed by atoms with Gasteiger partial charge in [-0.1, -0.05) is 48.0 Å². The minimum atomic E-state index is -0.199. The number of hydrogen-bond acceptors (Lipinski definition) is 3. The maximum absolute atomic E-state index is 13.0. The number of H-pyrrole nitrogens is 1. The molecule has 4 rings (SSSR count). The molecule has 1 atom stereocenters. The van der Waals surface area contributed by atoms with Crippen molar-refractivity contribution in [3.63, 3.8) is 0 Å². The van der Waals surface area contributed by atoms with Gasteiger partial charge in [-0.3, -0.25) is 14.7 Å². The number of piperazine rings is 1. The summed E-state index contributed by atoms with van der Waals surface area (Å²) in [5.74, 6) is -0.281. The molecule has 0 radical (unpaired) electrons. The van der Waals surface area contributed by atoms with Crippen molar-refractivity contribution in [3.8, 4) is 0 Å². The van der Waals surface area contributed by atoms with Crippen LogP contribution in [-0.2, 0) is 11.2 Å². The number of nitrogens with one attached hydrogen (secondary N) is 1. The third kappa shape index (κ3) is 3.67. The molecule has 2 heterocycles. The molecule has 1 aromatic heterocycles. The van der Waals surface area contributed by atoms with Gasteiger partial charge in [-0.15, -0.1) is 0 Å². The summed E-state index contributed by atoms with van der Waals surface area (Å²) in [5, 5.41) is 6.59. The highest BCUT2D eigenvalue weighted by atomic mass is 16.2. The molecule has 0 saturated carbocycles. The fourth-order valence-corrected chi connectivity index (χ4v) is 3.57. The van der Waals surface area contributed by atoms with Crippen LogP contribution >= 0.6 is 0 Å². The summed E-state index contributed by atoms with van der Waals surface area (Å²) in [6, 6.07) is 19.5. The number of nitrogens with zero attached hydrogens (tertiary/aromatic N) is 3. The average molecular weight is 374 g/mol. The minimum absolute atomic E-state index is 0.0449. The van der Waals surface area contributed by atoms with Crippen molar-refractivity contribution in [2.75, 3.05) is 18.0 Å². The highest BCUT2D eigenvalue weighted by Gasteiger charge is 2.36. The van der Waals surface area contributed by atoms with Crippen LogP contribution < -0.4 is 4.90 Å². The van der Waals surface area contributed by atoms with Gasteiger partial charge in [0.1, 0.15) is 12.2 Å². The lowest BCUT2D eigenvalue weighted by Crippen LogP contribution is -2.59. The first kappa shape index (κ1) is 18.0. The molecular formula is C22H22N4O2. The fraction of sp³-hybridized carbons (Fsp3) is 0.227. The van der Waals surface area contributed by atoms with Crippen molar-refractivity contribution in [2.45, 2.75) is 19.4 Å². The van der Waals surface area contributed by atoms with Crippen molar-refractivity contribution < 1.29 is 9.59 Å². The number of aryl methyl sites for hydroxylation is 1. The van der Waals surface area contributed by atoms with Gasteiger partial charge in [-0.2, -0.15) is 5.10 Å². The van der Waals surface area contributed by atoms with Crippen molar-refractivity contribution in [1.82, 2.24) is 15.1 Å². The van der Waals surface area contributed by atoms with Gasteiger partial charge in [-0.25, -0.2) is 0 Å². The van der Waals surface area contributed by atoms with Crippen molar-refractivity contribution in [2.24, 2.45) is 0 Å². The van der Waals surface area contributed by atoms with E-state index in [0.717, 1.165) is 16.8 Å². The summed E-state index contributed by atoms with van der Waals surface area (Å²) in [6.07, 6.45) is 2.22. The van der Waals surface area contributed by atoms with Gasteiger partial charge in [0.25, 0.3) is 5.91 Å². The summed E-state index contributed by atoms with van der Waals surface area (Å²) in [7, 11) is 0. The first-order valence-corrected chi connectivity index (χ1v) is 9.33. The van der Waals surface area contributed by atoms with Crippen LogP contribution in [0.1, 0.15) is 21.6 Å². The van der Waals surface area contributed by atoms with Gasteiger partial charge >= 0.3 is 0 Å². The van der Waals surface area contributed by atoms with Crippen LogP contribution in [0.15, 0.2) is 66.9 Å². The second kappa shape index (κ2) is 7.68. The summed E-state index contributed by atoms with van der Waals surface area (Å²) < 4.78 is 0. The van der Waals surface area contributed by atoms with Crippen LogP contribution in [0, 0.1) is 6.92 Å². The Balaban J connectivity index is 1.63. The normalized spacial score (nSPS) is 17.0. The Bertz CT molecular complexity index is 952.